The average molecular weight is 392 g/mol. The largest absolute Gasteiger partial charge is 0.460 e. The van der Waals surface area contributed by atoms with Crippen molar-refractivity contribution in [2.75, 3.05) is 19.6 Å². The molecular weight excluding hydrogens is 360 g/mol. The number of amides is 2. The third-order valence-corrected chi connectivity index (χ3v) is 4.41. The van der Waals surface area contributed by atoms with Gasteiger partial charge >= 0.3 is 5.97 Å². The maximum atomic E-state index is 12.9. The molecule has 0 unspecified atom stereocenters. The number of esters is 1. The van der Waals surface area contributed by atoms with Crippen LogP contribution in [0, 0.1) is 30.1 Å². The van der Waals surface area contributed by atoms with E-state index in [1.165, 1.54) is 4.90 Å². The minimum atomic E-state index is -0.635. The van der Waals surface area contributed by atoms with Gasteiger partial charge in [0, 0.05) is 19.0 Å². The summed E-state index contributed by atoms with van der Waals surface area (Å²) in [6.45, 7) is 9.65. The number of terminal acetylenes is 1. The van der Waals surface area contributed by atoms with E-state index < -0.39 is 23.4 Å². The van der Waals surface area contributed by atoms with Crippen LogP contribution in [-0.4, -0.2) is 53.7 Å². The van der Waals surface area contributed by atoms with Crippen molar-refractivity contribution in [1.29, 1.82) is 0 Å². The molecule has 0 aromatic heterocycles. The smallest absolute Gasteiger partial charge is 0.307 e. The molecule has 0 spiro atoms. The minimum Gasteiger partial charge on any atom is -0.460 e. The summed E-state index contributed by atoms with van der Waals surface area (Å²) in [7, 11) is 0. The third kappa shape index (κ3) is 8.12. The van der Waals surface area contributed by atoms with Gasteiger partial charge in [0.15, 0.2) is 5.78 Å². The van der Waals surface area contributed by atoms with Crippen LogP contribution in [0.25, 0.3) is 0 Å². The number of rotatable bonds is 9. The number of carbonyl (C=O) groups excluding carboxylic acids is 4. The molecule has 156 valence electrons. The fraction of sp³-hybridized carbons (Fsp3) is 0.714. The Morgan fingerprint density at radius 1 is 1.32 bits per heavy atom. The van der Waals surface area contributed by atoms with Gasteiger partial charge in [0.05, 0.1) is 18.9 Å². The van der Waals surface area contributed by atoms with Gasteiger partial charge in [-0.25, -0.2) is 0 Å². The van der Waals surface area contributed by atoms with Crippen LogP contribution in [0.1, 0.15) is 53.9 Å². The number of ether oxygens (including phenoxy) is 1. The van der Waals surface area contributed by atoms with Crippen molar-refractivity contribution < 1.29 is 23.9 Å². The van der Waals surface area contributed by atoms with Crippen molar-refractivity contribution in [3.8, 4) is 12.3 Å². The standard InChI is InChI=1S/C21H32N2O5/c1-7-18(25)23(12-15-8-9-22-20(15)27)13-17(24)16(10-14(2)3)11-19(26)28-21(4,5)6/h1,14-16H,8-13H2,2-6H3,(H,22,27)/t15-,16+/m0/s1. The summed E-state index contributed by atoms with van der Waals surface area (Å²) in [4.78, 5) is 50.3. The molecule has 0 aromatic carbocycles. The highest BCUT2D eigenvalue weighted by atomic mass is 16.6. The van der Waals surface area contributed by atoms with Gasteiger partial charge in [-0.2, -0.15) is 0 Å². The molecule has 2 atom stereocenters. The number of nitrogens with one attached hydrogen (secondary N) is 1. The second-order valence-electron chi connectivity index (χ2n) is 8.69. The van der Waals surface area contributed by atoms with Crippen LogP contribution in [-0.2, 0) is 23.9 Å². The van der Waals surface area contributed by atoms with Gasteiger partial charge in [-0.15, -0.1) is 6.42 Å². The number of nitrogens with zero attached hydrogens (tertiary/aromatic N) is 1. The first-order valence-electron chi connectivity index (χ1n) is 9.70. The molecule has 1 N–H and O–H groups in total. The zero-order chi connectivity index (χ0) is 21.5. The lowest BCUT2D eigenvalue weighted by Gasteiger charge is -2.26. The summed E-state index contributed by atoms with van der Waals surface area (Å²) in [6.07, 6.45) is 6.28. The normalized spacial score (nSPS) is 17.6. The van der Waals surface area contributed by atoms with Gasteiger partial charge in [-0.1, -0.05) is 13.8 Å². The Morgan fingerprint density at radius 3 is 2.43 bits per heavy atom. The summed E-state index contributed by atoms with van der Waals surface area (Å²) in [6, 6.07) is 0. The molecule has 1 aliphatic heterocycles. The van der Waals surface area contributed by atoms with Gasteiger partial charge in [-0.05, 0) is 45.5 Å². The number of ketones is 1. The van der Waals surface area contributed by atoms with E-state index in [1.807, 2.05) is 19.8 Å². The molecule has 1 aliphatic rings. The Morgan fingerprint density at radius 2 is 1.96 bits per heavy atom. The summed E-state index contributed by atoms with van der Waals surface area (Å²) in [5.74, 6) is -0.205. The lowest BCUT2D eigenvalue weighted by atomic mass is 9.90. The van der Waals surface area contributed by atoms with E-state index in [-0.39, 0.29) is 43.0 Å². The predicted octanol–water partition coefficient (Wildman–Crippen LogP) is 1.55. The fourth-order valence-electron chi connectivity index (χ4n) is 3.20. The molecule has 0 saturated carbocycles. The van der Waals surface area contributed by atoms with Crippen molar-refractivity contribution in [3.05, 3.63) is 0 Å². The van der Waals surface area contributed by atoms with Crippen LogP contribution in [0.2, 0.25) is 0 Å². The van der Waals surface area contributed by atoms with Crippen LogP contribution in [0.5, 0.6) is 0 Å². The SMILES string of the molecule is C#CC(=O)N(CC(=O)[C@@H](CC(=O)OC(C)(C)C)CC(C)C)C[C@@H]1CCNC1=O. The average Bonchev–Trinajstić information content (AvgIpc) is 2.95. The Bertz CT molecular complexity index is 642. The van der Waals surface area contributed by atoms with E-state index in [4.69, 9.17) is 11.2 Å². The summed E-state index contributed by atoms with van der Waals surface area (Å²) >= 11 is 0. The highest BCUT2D eigenvalue weighted by molar-refractivity contribution is 5.97. The van der Waals surface area contributed by atoms with E-state index in [9.17, 15) is 19.2 Å². The topological polar surface area (TPSA) is 92.8 Å². The molecule has 28 heavy (non-hydrogen) atoms. The second kappa shape index (κ2) is 10.3. The predicted molar refractivity (Wildman–Crippen MR) is 105 cm³/mol. The van der Waals surface area contributed by atoms with Crippen LogP contribution in [0.15, 0.2) is 0 Å². The molecule has 0 radical (unpaired) electrons. The first-order valence-corrected chi connectivity index (χ1v) is 9.70. The summed E-state index contributed by atoms with van der Waals surface area (Å²) < 4.78 is 5.34. The third-order valence-electron chi connectivity index (χ3n) is 4.41. The summed E-state index contributed by atoms with van der Waals surface area (Å²) in [5.41, 5.74) is -0.635. The monoisotopic (exact) mass is 392 g/mol. The molecule has 7 heteroatoms. The van der Waals surface area contributed by atoms with E-state index in [1.54, 1.807) is 20.8 Å². The molecule has 0 aliphatic carbocycles. The highest BCUT2D eigenvalue weighted by Gasteiger charge is 2.32. The number of hydrogen-bond donors (Lipinski definition) is 1. The first-order chi connectivity index (χ1) is 12.9. The molecule has 0 bridgehead atoms. The van der Waals surface area contributed by atoms with Crippen molar-refractivity contribution in [2.24, 2.45) is 17.8 Å². The van der Waals surface area contributed by atoms with Crippen molar-refractivity contribution in [2.45, 2.75) is 59.5 Å². The number of carbonyl (C=O) groups is 4. The maximum absolute atomic E-state index is 12.9. The molecule has 1 rings (SSSR count). The Hall–Kier alpha value is -2.36. The molecule has 1 saturated heterocycles. The maximum Gasteiger partial charge on any atom is 0.307 e. The van der Waals surface area contributed by atoms with Gasteiger partial charge in [-0.3, -0.25) is 19.2 Å². The van der Waals surface area contributed by atoms with E-state index in [0.717, 1.165) is 0 Å². The van der Waals surface area contributed by atoms with Crippen molar-refractivity contribution >= 4 is 23.6 Å². The number of Topliss-reactive ketones (excluding diaryl/α,β-unsaturated/α-hetero) is 1. The lowest BCUT2D eigenvalue weighted by Crippen LogP contribution is -2.42. The second-order valence-corrected chi connectivity index (χ2v) is 8.69. The van der Waals surface area contributed by atoms with Gasteiger partial charge in [0.2, 0.25) is 5.91 Å². The summed E-state index contributed by atoms with van der Waals surface area (Å²) in [5, 5.41) is 2.71. The Labute approximate surface area is 167 Å². The zero-order valence-corrected chi connectivity index (χ0v) is 17.5. The lowest BCUT2D eigenvalue weighted by molar-refractivity contribution is -0.157. The van der Waals surface area contributed by atoms with Crippen molar-refractivity contribution in [3.63, 3.8) is 0 Å². The minimum absolute atomic E-state index is 0.0454. The number of hydrogen-bond acceptors (Lipinski definition) is 5. The molecule has 1 fully saturated rings. The van der Waals surface area contributed by atoms with E-state index in [0.29, 0.717) is 19.4 Å². The van der Waals surface area contributed by atoms with Crippen LogP contribution >= 0.6 is 0 Å². The molecule has 0 aromatic rings. The molecule has 2 amide bonds. The zero-order valence-electron chi connectivity index (χ0n) is 17.5. The van der Waals surface area contributed by atoms with E-state index >= 15 is 0 Å². The van der Waals surface area contributed by atoms with Crippen LogP contribution < -0.4 is 5.32 Å². The van der Waals surface area contributed by atoms with Gasteiger partial charge in [0.25, 0.3) is 5.91 Å². The van der Waals surface area contributed by atoms with Crippen LogP contribution in [0.4, 0.5) is 0 Å². The van der Waals surface area contributed by atoms with Gasteiger partial charge in [0.1, 0.15) is 5.60 Å². The first kappa shape index (κ1) is 23.7. The quantitative estimate of drug-likeness (QED) is 0.475. The molecular formula is C21H32N2O5. The Balaban J connectivity index is 2.85. The molecule has 7 nitrogen and oxygen atoms in total. The van der Waals surface area contributed by atoms with E-state index in [2.05, 4.69) is 5.32 Å². The van der Waals surface area contributed by atoms with Crippen LogP contribution in [0.3, 0.4) is 0 Å². The highest BCUT2D eigenvalue weighted by Crippen LogP contribution is 2.21. The van der Waals surface area contributed by atoms with Gasteiger partial charge < -0.3 is 15.0 Å². The van der Waals surface area contributed by atoms with Crippen molar-refractivity contribution in [1.82, 2.24) is 10.2 Å². The fourth-order valence-corrected chi connectivity index (χ4v) is 3.20. The Kier molecular flexibility index (Phi) is 8.67. The molecule has 1 heterocycles.